The van der Waals surface area contributed by atoms with E-state index in [0.717, 1.165) is 24.8 Å². The standard InChI is InChI=1S/C38H49N3O9S2/c1-37(2,3)49-32(43)19-27(40-35(46)50-38(4,5)6)33(44)39-12-8-9-23-17-29(24-15-25(42)18-26(16-24)47-7)48-30(23)20-31-34(45)41(36(51)52-31)28-14-21-10-11-22(28)13-21/h15-18,20-22,27-28,42H,8-14,19H2,1-7H3,(H,39,44)(H,40,46). The van der Waals surface area contributed by atoms with Gasteiger partial charge >= 0.3 is 12.1 Å². The van der Waals surface area contributed by atoms with Gasteiger partial charge in [-0.05, 0) is 109 Å². The van der Waals surface area contributed by atoms with Gasteiger partial charge in [-0.1, -0.05) is 30.4 Å². The summed E-state index contributed by atoms with van der Waals surface area (Å²) >= 11 is 6.98. The summed E-state index contributed by atoms with van der Waals surface area (Å²) in [6, 6.07) is 5.55. The third kappa shape index (κ3) is 10.1. The number of phenolic OH excluding ortho intramolecular Hbond substituents is 1. The highest BCUT2D eigenvalue weighted by Gasteiger charge is 2.48. The van der Waals surface area contributed by atoms with Crippen molar-refractivity contribution in [1.29, 1.82) is 0 Å². The summed E-state index contributed by atoms with van der Waals surface area (Å²) in [4.78, 5) is 54.5. The van der Waals surface area contributed by atoms with Crippen LogP contribution in [0, 0.1) is 11.8 Å². The Balaban J connectivity index is 1.31. The molecule has 2 heterocycles. The maximum atomic E-state index is 13.7. The predicted molar refractivity (Wildman–Crippen MR) is 202 cm³/mol. The molecular formula is C38H49N3O9S2. The highest BCUT2D eigenvalue weighted by Crippen LogP contribution is 2.49. The van der Waals surface area contributed by atoms with Crippen molar-refractivity contribution in [1.82, 2.24) is 15.5 Å². The van der Waals surface area contributed by atoms with Gasteiger partial charge in [0.2, 0.25) is 5.91 Å². The number of alkyl carbamates (subject to hydrolysis) is 1. The first-order valence-corrected chi connectivity index (χ1v) is 18.9. The lowest BCUT2D eigenvalue weighted by atomic mass is 9.94. The quantitative estimate of drug-likeness (QED) is 0.0914. The Kier molecular flexibility index (Phi) is 12.0. The molecule has 4 atom stereocenters. The normalized spacial score (nSPS) is 21.4. The van der Waals surface area contributed by atoms with Crippen LogP contribution in [-0.2, 0) is 30.3 Å². The largest absolute Gasteiger partial charge is 0.508 e. The van der Waals surface area contributed by atoms with Gasteiger partial charge in [-0.15, -0.1) is 0 Å². The first-order chi connectivity index (χ1) is 24.4. The number of methoxy groups -OCH3 is 1. The van der Waals surface area contributed by atoms with Gasteiger partial charge in [0.25, 0.3) is 5.91 Å². The number of benzene rings is 1. The number of thioether (sulfide) groups is 1. The highest BCUT2D eigenvalue weighted by atomic mass is 32.2. The van der Waals surface area contributed by atoms with Crippen molar-refractivity contribution in [3.05, 3.63) is 40.5 Å². The molecule has 12 nitrogen and oxygen atoms in total. The van der Waals surface area contributed by atoms with Crippen molar-refractivity contribution in [3.8, 4) is 22.8 Å². The summed E-state index contributed by atoms with van der Waals surface area (Å²) in [5.41, 5.74) is -0.226. The molecule has 2 saturated carbocycles. The maximum Gasteiger partial charge on any atom is 0.408 e. The van der Waals surface area contributed by atoms with Crippen LogP contribution in [0.3, 0.4) is 0 Å². The number of rotatable bonds is 12. The number of hydrogen-bond acceptors (Lipinski definition) is 11. The fourth-order valence-corrected chi connectivity index (χ4v) is 8.32. The number of carbonyl (C=O) groups is 4. The Hall–Kier alpha value is -4.04. The van der Waals surface area contributed by atoms with E-state index in [1.54, 1.807) is 64.7 Å². The SMILES string of the molecule is COc1cc(O)cc(-c2cc(CCCNC(=O)C(CC(=O)OC(C)(C)C)NC(=O)OC(C)(C)C)c(C=C3SC(=S)N(C4CC5CCC4C5)C3=O)o2)c1. The molecule has 1 saturated heterocycles. The average Bonchev–Trinajstić information content (AvgIpc) is 3.81. The highest BCUT2D eigenvalue weighted by molar-refractivity contribution is 8.26. The van der Waals surface area contributed by atoms with Crippen LogP contribution in [0.5, 0.6) is 11.5 Å². The number of esters is 1. The van der Waals surface area contributed by atoms with Gasteiger partial charge in [-0.3, -0.25) is 19.3 Å². The van der Waals surface area contributed by atoms with Crippen molar-refractivity contribution in [3.63, 3.8) is 0 Å². The predicted octanol–water partition coefficient (Wildman–Crippen LogP) is 6.72. The molecule has 0 radical (unpaired) electrons. The van der Waals surface area contributed by atoms with Crippen LogP contribution in [-0.4, -0.2) is 75.1 Å². The second-order valence-electron chi connectivity index (χ2n) is 15.6. The number of furan rings is 1. The number of fused-ring (bicyclic) bond motifs is 2. The number of ether oxygens (including phenoxy) is 3. The smallest absolute Gasteiger partial charge is 0.408 e. The van der Waals surface area contributed by atoms with Gasteiger partial charge in [0, 0.05) is 30.3 Å². The van der Waals surface area contributed by atoms with Gasteiger partial charge in [-0.2, -0.15) is 0 Å². The van der Waals surface area contributed by atoms with Crippen molar-refractivity contribution in [2.24, 2.45) is 11.8 Å². The fourth-order valence-electron chi connectivity index (χ4n) is 6.98. The minimum Gasteiger partial charge on any atom is -0.508 e. The fraction of sp³-hybridized carbons (Fsp3) is 0.553. The third-order valence-electron chi connectivity index (χ3n) is 9.09. The molecule has 3 fully saturated rings. The molecule has 2 aromatic rings. The molecule has 3 N–H and O–H groups in total. The van der Waals surface area contributed by atoms with Crippen LogP contribution in [0.15, 0.2) is 33.6 Å². The Morgan fingerprint density at radius 3 is 2.44 bits per heavy atom. The molecule has 2 bridgehead atoms. The zero-order valence-electron chi connectivity index (χ0n) is 30.8. The number of aromatic hydroxyl groups is 1. The lowest BCUT2D eigenvalue weighted by molar-refractivity contribution is -0.156. The summed E-state index contributed by atoms with van der Waals surface area (Å²) in [5.74, 6) is 1.19. The Morgan fingerprint density at radius 1 is 1.08 bits per heavy atom. The topological polar surface area (TPSA) is 157 Å². The van der Waals surface area contributed by atoms with E-state index >= 15 is 0 Å². The van der Waals surface area contributed by atoms with Crippen LogP contribution in [0.4, 0.5) is 4.79 Å². The molecule has 1 aromatic heterocycles. The molecule has 4 unspecified atom stereocenters. The minimum absolute atomic E-state index is 0.00391. The number of carbonyl (C=O) groups excluding carboxylic acids is 4. The van der Waals surface area contributed by atoms with E-state index in [1.807, 2.05) is 6.07 Å². The Morgan fingerprint density at radius 2 is 1.81 bits per heavy atom. The van der Waals surface area contributed by atoms with Gasteiger partial charge in [0.15, 0.2) is 0 Å². The summed E-state index contributed by atoms with van der Waals surface area (Å²) in [6.45, 7) is 10.4. The molecular weight excluding hydrogens is 707 g/mol. The van der Waals surface area contributed by atoms with Crippen LogP contribution in [0.1, 0.15) is 91.4 Å². The number of amides is 3. The Labute approximate surface area is 314 Å². The molecule has 0 spiro atoms. The van der Waals surface area contributed by atoms with E-state index in [0.29, 0.717) is 56.7 Å². The molecule has 3 aliphatic rings. The lowest BCUT2D eigenvalue weighted by Gasteiger charge is -2.30. The first kappa shape index (κ1) is 39.2. The lowest BCUT2D eigenvalue weighted by Crippen LogP contribution is -2.49. The van der Waals surface area contributed by atoms with Crippen LogP contribution in [0.2, 0.25) is 0 Å². The summed E-state index contributed by atoms with van der Waals surface area (Å²) < 4.78 is 22.9. The van der Waals surface area contributed by atoms with E-state index in [9.17, 15) is 24.3 Å². The summed E-state index contributed by atoms with van der Waals surface area (Å²) in [6.07, 6.45) is 5.88. The first-order valence-electron chi connectivity index (χ1n) is 17.7. The molecule has 1 aromatic carbocycles. The number of thiocarbonyl (C=S) groups is 1. The molecule has 3 amide bonds. The van der Waals surface area contributed by atoms with Crippen molar-refractivity contribution in [2.75, 3.05) is 13.7 Å². The summed E-state index contributed by atoms with van der Waals surface area (Å²) in [5, 5.41) is 15.6. The van der Waals surface area contributed by atoms with Gasteiger partial charge < -0.3 is 34.4 Å². The van der Waals surface area contributed by atoms with Crippen LogP contribution >= 0.6 is 24.0 Å². The number of nitrogens with zero attached hydrogens (tertiary/aromatic N) is 1. The zero-order valence-corrected chi connectivity index (χ0v) is 32.5. The number of hydrogen-bond donors (Lipinski definition) is 3. The molecule has 1 aliphatic heterocycles. The van der Waals surface area contributed by atoms with E-state index in [4.69, 9.17) is 30.8 Å². The number of phenols is 1. The second kappa shape index (κ2) is 15.9. The molecule has 52 heavy (non-hydrogen) atoms. The molecule has 2 aliphatic carbocycles. The number of nitrogens with one attached hydrogen (secondary N) is 2. The van der Waals surface area contributed by atoms with E-state index in [-0.39, 0.29) is 30.7 Å². The molecule has 5 rings (SSSR count). The van der Waals surface area contributed by atoms with Gasteiger partial charge in [-0.25, -0.2) is 4.79 Å². The van der Waals surface area contributed by atoms with Gasteiger partial charge in [0.1, 0.15) is 44.6 Å². The second-order valence-corrected chi connectivity index (χ2v) is 17.3. The third-order valence-corrected chi connectivity index (χ3v) is 10.4. The van der Waals surface area contributed by atoms with E-state index in [1.165, 1.54) is 31.4 Å². The van der Waals surface area contributed by atoms with Crippen molar-refractivity contribution in [2.45, 2.75) is 110 Å². The van der Waals surface area contributed by atoms with Crippen LogP contribution in [0.25, 0.3) is 17.4 Å². The van der Waals surface area contributed by atoms with Crippen molar-refractivity contribution >= 4 is 58.3 Å². The van der Waals surface area contributed by atoms with E-state index in [2.05, 4.69) is 10.6 Å². The maximum absolute atomic E-state index is 13.7. The molecule has 14 heteroatoms. The van der Waals surface area contributed by atoms with E-state index < -0.39 is 35.2 Å². The zero-order chi connectivity index (χ0) is 38.0. The van der Waals surface area contributed by atoms with Crippen molar-refractivity contribution < 1.29 is 42.9 Å². The minimum atomic E-state index is -1.22. The monoisotopic (exact) mass is 755 g/mol. The Bertz CT molecular complexity index is 1710. The molecule has 282 valence electrons. The average molecular weight is 756 g/mol. The van der Waals surface area contributed by atoms with Crippen LogP contribution < -0.4 is 15.4 Å². The number of aryl methyl sites for hydroxylation is 1. The van der Waals surface area contributed by atoms with Gasteiger partial charge in [0.05, 0.1) is 18.4 Å². The summed E-state index contributed by atoms with van der Waals surface area (Å²) in [7, 11) is 1.51.